The van der Waals surface area contributed by atoms with E-state index in [-0.39, 0.29) is 28.7 Å². The standard InChI is InChI=1S/C32H36N2O4S2/c1-5-38-30(36)19-10-14-23(15-11-19)33-24(35)17-34-29-28(40-31(34)37)25(18-8-12-22(13-9-18)32(2,3)4)26-20-6-7-21(16-20)27(26)39-29/h8-15,20-21,25-27H,5-7,16-17H2,1-4H3,(H,33,35). The van der Waals surface area contributed by atoms with Gasteiger partial charge in [-0.2, -0.15) is 0 Å². The maximum atomic E-state index is 13.4. The minimum Gasteiger partial charge on any atom is -0.462 e. The maximum Gasteiger partial charge on any atom is 0.338 e. The Bertz CT molecular complexity index is 1480. The molecule has 6 rings (SSSR count). The third-order valence-electron chi connectivity index (χ3n) is 8.81. The van der Waals surface area contributed by atoms with E-state index in [4.69, 9.17) is 4.74 Å². The molecular formula is C32H36N2O4S2. The van der Waals surface area contributed by atoms with Crippen molar-refractivity contribution in [3.05, 3.63) is 79.8 Å². The first-order valence-corrected chi connectivity index (χ1v) is 15.9. The van der Waals surface area contributed by atoms with Gasteiger partial charge < -0.3 is 10.1 Å². The summed E-state index contributed by atoms with van der Waals surface area (Å²) in [5.74, 6) is 1.47. The summed E-state index contributed by atoms with van der Waals surface area (Å²) in [7, 11) is 0. The van der Waals surface area contributed by atoms with Crippen molar-refractivity contribution >= 4 is 40.7 Å². The fourth-order valence-corrected chi connectivity index (χ4v) is 10.0. The SMILES string of the molecule is CCOC(=O)c1ccc(NC(=O)Cn2c3c(sc2=O)C(c2ccc(C(C)(C)C)cc2)C2C4CCC(C4)C2S3)cc1. The van der Waals surface area contributed by atoms with Crippen LogP contribution in [0.4, 0.5) is 5.69 Å². The lowest BCUT2D eigenvalue weighted by atomic mass is 9.74. The molecule has 3 aliphatic rings. The normalized spacial score (nSPS) is 24.9. The van der Waals surface area contributed by atoms with Gasteiger partial charge in [0, 0.05) is 21.7 Å². The zero-order valence-electron chi connectivity index (χ0n) is 23.4. The smallest absolute Gasteiger partial charge is 0.338 e. The Hall–Kier alpha value is -2.84. The van der Waals surface area contributed by atoms with E-state index >= 15 is 0 Å². The Morgan fingerprint density at radius 3 is 2.40 bits per heavy atom. The van der Waals surface area contributed by atoms with Crippen molar-refractivity contribution in [1.29, 1.82) is 0 Å². The van der Waals surface area contributed by atoms with Gasteiger partial charge in [0.05, 0.1) is 17.2 Å². The number of benzene rings is 2. The second-order valence-corrected chi connectivity index (χ2v) is 14.5. The van der Waals surface area contributed by atoms with Gasteiger partial charge in [0.2, 0.25) is 5.91 Å². The highest BCUT2D eigenvalue weighted by Gasteiger charge is 2.55. The molecule has 0 spiro atoms. The summed E-state index contributed by atoms with van der Waals surface area (Å²) < 4.78 is 6.72. The predicted molar refractivity (Wildman–Crippen MR) is 161 cm³/mol. The monoisotopic (exact) mass is 576 g/mol. The molecule has 1 amide bonds. The van der Waals surface area contributed by atoms with Crippen LogP contribution >= 0.6 is 23.1 Å². The summed E-state index contributed by atoms with van der Waals surface area (Å²) in [5, 5.41) is 4.35. The van der Waals surface area contributed by atoms with Crippen molar-refractivity contribution in [3.63, 3.8) is 0 Å². The molecule has 2 heterocycles. The van der Waals surface area contributed by atoms with E-state index in [1.54, 1.807) is 35.8 Å². The molecule has 40 heavy (non-hydrogen) atoms. The lowest BCUT2D eigenvalue weighted by Gasteiger charge is -2.40. The highest BCUT2D eigenvalue weighted by molar-refractivity contribution is 8.00. The maximum absolute atomic E-state index is 13.4. The van der Waals surface area contributed by atoms with Gasteiger partial charge in [0.15, 0.2) is 0 Å². The molecule has 3 aromatic rings. The van der Waals surface area contributed by atoms with Crippen LogP contribution in [0.15, 0.2) is 58.4 Å². The number of hydrogen-bond acceptors (Lipinski definition) is 6. The molecule has 1 N–H and O–H groups in total. The summed E-state index contributed by atoms with van der Waals surface area (Å²) in [4.78, 5) is 39.5. The molecule has 2 fully saturated rings. The van der Waals surface area contributed by atoms with Crippen molar-refractivity contribution in [3.8, 4) is 0 Å². The third-order valence-corrected chi connectivity index (χ3v) is 11.6. The van der Waals surface area contributed by atoms with Gasteiger partial charge in [0.25, 0.3) is 0 Å². The molecule has 0 saturated heterocycles. The molecule has 2 bridgehead atoms. The largest absolute Gasteiger partial charge is 0.462 e. The summed E-state index contributed by atoms with van der Waals surface area (Å²) in [6.07, 6.45) is 3.83. The van der Waals surface area contributed by atoms with E-state index in [1.807, 2.05) is 11.8 Å². The summed E-state index contributed by atoms with van der Waals surface area (Å²) in [5.41, 5.74) is 3.69. The molecule has 1 aliphatic heterocycles. The molecule has 2 aromatic carbocycles. The van der Waals surface area contributed by atoms with Gasteiger partial charge in [-0.15, -0.1) is 11.8 Å². The summed E-state index contributed by atoms with van der Waals surface area (Å²) >= 11 is 3.16. The number of aromatic nitrogens is 1. The Morgan fingerprint density at radius 2 is 1.73 bits per heavy atom. The second kappa shape index (κ2) is 10.5. The first-order chi connectivity index (χ1) is 19.1. The van der Waals surface area contributed by atoms with E-state index in [9.17, 15) is 14.4 Å². The molecular weight excluding hydrogens is 540 g/mol. The molecule has 2 saturated carbocycles. The second-order valence-electron chi connectivity index (χ2n) is 12.3. The van der Waals surface area contributed by atoms with Crippen molar-refractivity contribution in [1.82, 2.24) is 4.57 Å². The molecule has 0 radical (unpaired) electrons. The molecule has 1 aromatic heterocycles. The lowest BCUT2D eigenvalue weighted by molar-refractivity contribution is -0.116. The van der Waals surface area contributed by atoms with Gasteiger partial charge in [0.1, 0.15) is 6.54 Å². The van der Waals surface area contributed by atoms with Crippen LogP contribution in [0, 0.1) is 17.8 Å². The van der Waals surface area contributed by atoms with Gasteiger partial charge in [-0.1, -0.05) is 56.4 Å². The number of carbonyl (C=O) groups excluding carboxylic acids is 2. The minimum absolute atomic E-state index is 0.0293. The number of hydrogen-bond donors (Lipinski definition) is 1. The zero-order chi connectivity index (χ0) is 28.2. The molecule has 6 nitrogen and oxygen atoms in total. The molecule has 2 aliphatic carbocycles. The topological polar surface area (TPSA) is 77.4 Å². The molecule has 8 heteroatoms. The van der Waals surface area contributed by atoms with Crippen LogP contribution in [0.25, 0.3) is 0 Å². The van der Waals surface area contributed by atoms with Gasteiger partial charge in [-0.25, -0.2) is 4.79 Å². The van der Waals surface area contributed by atoms with E-state index < -0.39 is 5.97 Å². The van der Waals surface area contributed by atoms with Gasteiger partial charge >= 0.3 is 10.8 Å². The minimum atomic E-state index is -0.393. The van der Waals surface area contributed by atoms with Crippen LogP contribution in [0.5, 0.6) is 0 Å². The average molecular weight is 577 g/mol. The predicted octanol–water partition coefficient (Wildman–Crippen LogP) is 6.68. The van der Waals surface area contributed by atoms with Crippen molar-refractivity contribution in [2.75, 3.05) is 11.9 Å². The Kier molecular flexibility index (Phi) is 7.20. The van der Waals surface area contributed by atoms with Crippen LogP contribution in [-0.2, 0) is 21.5 Å². The van der Waals surface area contributed by atoms with Crippen molar-refractivity contribution in [2.45, 2.75) is 75.1 Å². The number of anilines is 1. The van der Waals surface area contributed by atoms with E-state index in [1.165, 1.54) is 41.7 Å². The Balaban J connectivity index is 1.28. The number of rotatable bonds is 6. The number of fused-ring (bicyclic) bond motifs is 6. The van der Waals surface area contributed by atoms with Crippen LogP contribution < -0.4 is 10.2 Å². The fourth-order valence-electron chi connectivity index (χ4n) is 6.90. The van der Waals surface area contributed by atoms with Crippen LogP contribution in [0.2, 0.25) is 0 Å². The fraction of sp³-hybridized carbons (Fsp3) is 0.469. The number of esters is 1. The Labute approximate surface area is 243 Å². The van der Waals surface area contributed by atoms with E-state index in [0.717, 1.165) is 9.90 Å². The molecule has 5 atom stereocenters. The number of ether oxygens (including phenoxy) is 1. The summed E-state index contributed by atoms with van der Waals surface area (Å²) in [6, 6.07) is 15.7. The van der Waals surface area contributed by atoms with Crippen LogP contribution in [0.3, 0.4) is 0 Å². The highest BCUT2D eigenvalue weighted by atomic mass is 32.2. The number of amides is 1. The average Bonchev–Trinajstić information content (AvgIpc) is 3.62. The summed E-state index contributed by atoms with van der Waals surface area (Å²) in [6.45, 7) is 8.73. The number of carbonyl (C=O) groups is 2. The lowest BCUT2D eigenvalue weighted by Crippen LogP contribution is -2.35. The van der Waals surface area contributed by atoms with Crippen molar-refractivity contribution < 1.29 is 14.3 Å². The van der Waals surface area contributed by atoms with Crippen LogP contribution in [-0.4, -0.2) is 28.3 Å². The highest BCUT2D eigenvalue weighted by Crippen LogP contribution is 2.64. The zero-order valence-corrected chi connectivity index (χ0v) is 25.1. The van der Waals surface area contributed by atoms with Gasteiger partial charge in [-0.05, 0) is 84.7 Å². The van der Waals surface area contributed by atoms with Gasteiger partial charge in [-0.3, -0.25) is 14.2 Å². The molecule has 210 valence electrons. The number of thioether (sulfide) groups is 1. The third kappa shape index (κ3) is 4.94. The first-order valence-electron chi connectivity index (χ1n) is 14.2. The van der Waals surface area contributed by atoms with Crippen LogP contribution in [0.1, 0.15) is 79.2 Å². The number of nitrogens with one attached hydrogen (secondary N) is 1. The quantitative estimate of drug-likeness (QED) is 0.332. The van der Waals surface area contributed by atoms with E-state index in [2.05, 4.69) is 50.4 Å². The first kappa shape index (κ1) is 27.3. The van der Waals surface area contributed by atoms with Crippen molar-refractivity contribution in [2.24, 2.45) is 17.8 Å². The number of thiazole rings is 1. The van der Waals surface area contributed by atoms with E-state index in [0.29, 0.717) is 40.9 Å². The number of nitrogens with zero attached hydrogens (tertiary/aromatic N) is 1. The molecule has 5 unspecified atom stereocenters. The Morgan fingerprint density at radius 1 is 1.02 bits per heavy atom.